The van der Waals surface area contributed by atoms with Gasteiger partial charge in [0.05, 0.1) is 23.7 Å². The lowest BCUT2D eigenvalue weighted by Crippen LogP contribution is -2.44. The molecule has 4 rings (SSSR count). The number of benzene rings is 1. The van der Waals surface area contributed by atoms with E-state index < -0.39 is 0 Å². The molecule has 2 N–H and O–H groups in total. The number of amides is 1. The summed E-state index contributed by atoms with van der Waals surface area (Å²) in [7, 11) is 0. The number of aromatic amines is 1. The van der Waals surface area contributed by atoms with Crippen molar-refractivity contribution in [1.29, 1.82) is 0 Å². The summed E-state index contributed by atoms with van der Waals surface area (Å²) in [5.74, 6) is 1.11. The minimum atomic E-state index is 0.0814. The van der Waals surface area contributed by atoms with Gasteiger partial charge in [-0.1, -0.05) is 11.6 Å². The smallest absolute Gasteiger partial charge is 0.223 e. The van der Waals surface area contributed by atoms with Crippen LogP contribution in [0.15, 0.2) is 12.1 Å². The number of piperidine rings is 1. The van der Waals surface area contributed by atoms with Crippen LogP contribution in [0.5, 0.6) is 0 Å². The van der Waals surface area contributed by atoms with Gasteiger partial charge in [-0.2, -0.15) is 0 Å². The fraction of sp³-hybridized carbons (Fsp3) is 0.556. The minimum absolute atomic E-state index is 0.0814. The average molecular weight is 363 g/mol. The third kappa shape index (κ3) is 3.46. The molecule has 0 aliphatic carbocycles. The number of fused-ring (bicyclic) bond motifs is 1. The first-order chi connectivity index (χ1) is 12.1. The quantitative estimate of drug-likeness (QED) is 0.880. The SMILES string of the molecule is Cc1cc2[nH]c(N3CCC(C(=O)N[C@@H]4CCOC4)CC3)nc2cc1Cl. The van der Waals surface area contributed by atoms with Crippen molar-refractivity contribution in [2.75, 3.05) is 31.2 Å². The molecule has 0 spiro atoms. The maximum atomic E-state index is 12.4. The zero-order valence-electron chi connectivity index (χ0n) is 14.3. The Morgan fingerprint density at radius 1 is 1.36 bits per heavy atom. The third-order valence-electron chi connectivity index (χ3n) is 5.19. The van der Waals surface area contributed by atoms with E-state index in [4.69, 9.17) is 16.3 Å². The van der Waals surface area contributed by atoms with Crippen LogP contribution in [0.1, 0.15) is 24.8 Å². The Kier molecular flexibility index (Phi) is 4.56. The zero-order valence-corrected chi connectivity index (χ0v) is 15.1. The second-order valence-corrected chi connectivity index (χ2v) is 7.42. The molecule has 0 radical (unpaired) electrons. The number of imidazole rings is 1. The normalized spacial score (nSPS) is 21.8. The summed E-state index contributed by atoms with van der Waals surface area (Å²) < 4.78 is 5.32. The molecule has 0 saturated carbocycles. The van der Waals surface area contributed by atoms with Crippen molar-refractivity contribution in [3.8, 4) is 0 Å². The summed E-state index contributed by atoms with van der Waals surface area (Å²) in [6, 6.07) is 4.11. The predicted molar refractivity (Wildman–Crippen MR) is 98.1 cm³/mol. The Bertz CT molecular complexity index is 738. The van der Waals surface area contributed by atoms with Gasteiger partial charge >= 0.3 is 0 Å². The van der Waals surface area contributed by atoms with Gasteiger partial charge in [0.15, 0.2) is 0 Å². The van der Waals surface area contributed by atoms with Crippen LogP contribution >= 0.6 is 11.6 Å². The first kappa shape index (κ1) is 16.7. The number of hydrogen-bond acceptors (Lipinski definition) is 4. The number of ether oxygens (including phenoxy) is 1. The van der Waals surface area contributed by atoms with Crippen molar-refractivity contribution >= 4 is 34.5 Å². The molecule has 2 saturated heterocycles. The second kappa shape index (κ2) is 6.84. The first-order valence-electron chi connectivity index (χ1n) is 8.89. The number of nitrogens with one attached hydrogen (secondary N) is 2. The standard InChI is InChI=1S/C18H23ClN4O2/c1-11-8-15-16(9-14(11)19)22-18(21-15)23-5-2-12(3-6-23)17(24)20-13-4-7-25-10-13/h8-9,12-13H,2-7,10H2,1H3,(H,20,24)(H,21,22)/t13-/m1/s1. The van der Waals surface area contributed by atoms with Gasteiger partial charge in [0.1, 0.15) is 0 Å². The molecule has 2 aliphatic rings. The van der Waals surface area contributed by atoms with Gasteiger partial charge < -0.3 is 19.9 Å². The fourth-order valence-corrected chi connectivity index (χ4v) is 3.75. The highest BCUT2D eigenvalue weighted by molar-refractivity contribution is 6.32. The van der Waals surface area contributed by atoms with Gasteiger partial charge in [-0.3, -0.25) is 4.79 Å². The van der Waals surface area contributed by atoms with Crippen LogP contribution in [0.2, 0.25) is 5.02 Å². The molecule has 2 aromatic rings. The van der Waals surface area contributed by atoms with Gasteiger partial charge in [-0.15, -0.1) is 0 Å². The highest BCUT2D eigenvalue weighted by atomic mass is 35.5. The van der Waals surface area contributed by atoms with E-state index in [0.29, 0.717) is 6.61 Å². The van der Waals surface area contributed by atoms with Crippen molar-refractivity contribution in [2.24, 2.45) is 5.92 Å². The number of hydrogen-bond donors (Lipinski definition) is 2. The summed E-state index contributed by atoms with van der Waals surface area (Å²) in [5, 5.41) is 3.85. The number of carbonyl (C=O) groups excluding carboxylic acids is 1. The lowest BCUT2D eigenvalue weighted by Gasteiger charge is -2.31. The van der Waals surface area contributed by atoms with Crippen LogP contribution < -0.4 is 10.2 Å². The maximum absolute atomic E-state index is 12.4. The van der Waals surface area contributed by atoms with E-state index in [2.05, 4.69) is 20.2 Å². The summed E-state index contributed by atoms with van der Waals surface area (Å²) in [5.41, 5.74) is 2.92. The molecule has 3 heterocycles. The van der Waals surface area contributed by atoms with E-state index in [-0.39, 0.29) is 17.9 Å². The number of H-pyrrole nitrogens is 1. The predicted octanol–water partition coefficient (Wildman–Crippen LogP) is 2.65. The lowest BCUT2D eigenvalue weighted by atomic mass is 9.95. The summed E-state index contributed by atoms with van der Waals surface area (Å²) in [6.07, 6.45) is 2.61. The number of aromatic nitrogens is 2. The summed E-state index contributed by atoms with van der Waals surface area (Å²) in [4.78, 5) is 22.6. The molecular formula is C18H23ClN4O2. The summed E-state index contributed by atoms with van der Waals surface area (Å²) >= 11 is 6.19. The molecule has 6 nitrogen and oxygen atoms in total. The molecular weight excluding hydrogens is 340 g/mol. The average Bonchev–Trinajstić information content (AvgIpc) is 3.25. The van der Waals surface area contributed by atoms with Crippen LogP contribution in [-0.2, 0) is 9.53 Å². The molecule has 7 heteroatoms. The van der Waals surface area contributed by atoms with Gasteiger partial charge in [-0.25, -0.2) is 4.98 Å². The van der Waals surface area contributed by atoms with Crippen molar-refractivity contribution in [1.82, 2.24) is 15.3 Å². The summed E-state index contributed by atoms with van der Waals surface area (Å²) in [6.45, 7) is 5.03. The Labute approximate surface area is 151 Å². The molecule has 1 atom stereocenters. The number of aryl methyl sites for hydroxylation is 1. The Morgan fingerprint density at radius 2 is 2.16 bits per heavy atom. The Hall–Kier alpha value is -1.79. The molecule has 2 fully saturated rings. The van der Waals surface area contributed by atoms with E-state index in [1.54, 1.807) is 0 Å². The van der Waals surface area contributed by atoms with Gasteiger partial charge in [-0.05, 0) is 43.9 Å². The zero-order chi connectivity index (χ0) is 17.4. The van der Waals surface area contributed by atoms with Crippen LogP contribution in [0.4, 0.5) is 5.95 Å². The number of halogens is 1. The lowest BCUT2D eigenvalue weighted by molar-refractivity contribution is -0.126. The fourth-order valence-electron chi connectivity index (χ4n) is 3.60. The van der Waals surface area contributed by atoms with E-state index in [0.717, 1.165) is 66.5 Å². The highest BCUT2D eigenvalue weighted by Crippen LogP contribution is 2.27. The molecule has 1 aromatic carbocycles. The van der Waals surface area contributed by atoms with Crippen molar-refractivity contribution in [3.63, 3.8) is 0 Å². The second-order valence-electron chi connectivity index (χ2n) is 7.01. The topological polar surface area (TPSA) is 70.2 Å². The number of nitrogens with zero attached hydrogens (tertiary/aromatic N) is 2. The van der Waals surface area contributed by atoms with Gasteiger partial charge in [0, 0.05) is 30.6 Å². The molecule has 2 aliphatic heterocycles. The number of anilines is 1. The van der Waals surface area contributed by atoms with E-state index in [1.807, 2.05) is 19.1 Å². The molecule has 1 amide bonds. The Balaban J connectivity index is 1.39. The Morgan fingerprint density at radius 3 is 2.88 bits per heavy atom. The molecule has 0 unspecified atom stereocenters. The van der Waals surface area contributed by atoms with Crippen LogP contribution in [-0.4, -0.2) is 48.2 Å². The maximum Gasteiger partial charge on any atom is 0.223 e. The van der Waals surface area contributed by atoms with E-state index in [9.17, 15) is 4.79 Å². The van der Waals surface area contributed by atoms with Crippen molar-refractivity contribution in [3.05, 3.63) is 22.7 Å². The van der Waals surface area contributed by atoms with Crippen molar-refractivity contribution in [2.45, 2.75) is 32.2 Å². The van der Waals surface area contributed by atoms with Crippen LogP contribution in [0, 0.1) is 12.8 Å². The first-order valence-corrected chi connectivity index (χ1v) is 9.27. The van der Waals surface area contributed by atoms with Gasteiger partial charge in [0.25, 0.3) is 0 Å². The molecule has 134 valence electrons. The van der Waals surface area contributed by atoms with Crippen LogP contribution in [0.25, 0.3) is 11.0 Å². The number of carbonyl (C=O) groups is 1. The monoisotopic (exact) mass is 362 g/mol. The van der Waals surface area contributed by atoms with Crippen LogP contribution in [0.3, 0.4) is 0 Å². The molecule has 1 aromatic heterocycles. The molecule has 0 bridgehead atoms. The molecule has 25 heavy (non-hydrogen) atoms. The minimum Gasteiger partial charge on any atom is -0.379 e. The number of rotatable bonds is 3. The van der Waals surface area contributed by atoms with Crippen molar-refractivity contribution < 1.29 is 9.53 Å². The van der Waals surface area contributed by atoms with Gasteiger partial charge in [0.2, 0.25) is 11.9 Å². The highest BCUT2D eigenvalue weighted by Gasteiger charge is 2.28. The third-order valence-corrected chi connectivity index (χ3v) is 5.60. The van der Waals surface area contributed by atoms with E-state index in [1.165, 1.54) is 0 Å². The largest absolute Gasteiger partial charge is 0.379 e. The van der Waals surface area contributed by atoms with E-state index >= 15 is 0 Å².